The monoisotopic (exact) mass is 230 g/mol. The van der Waals surface area contributed by atoms with Crippen LogP contribution >= 0.6 is 0 Å². The van der Waals surface area contributed by atoms with Gasteiger partial charge in [-0.15, -0.1) is 4.73 Å². The number of rotatable bonds is 0. The molecule has 0 radical (unpaired) electrons. The van der Waals surface area contributed by atoms with E-state index >= 15 is 0 Å². The molecule has 0 aliphatic rings. The van der Waals surface area contributed by atoms with E-state index in [0.717, 1.165) is 18.3 Å². The van der Waals surface area contributed by atoms with E-state index in [4.69, 9.17) is 0 Å². The minimum absolute atomic E-state index is 0.107. The summed E-state index contributed by atoms with van der Waals surface area (Å²) < 4.78 is 37.2. The van der Waals surface area contributed by atoms with Crippen molar-refractivity contribution in [1.29, 1.82) is 0 Å². The Kier molecular flexibility index (Phi) is 2.11. The van der Waals surface area contributed by atoms with Crippen LogP contribution in [0.25, 0.3) is 11.0 Å². The Hall–Kier alpha value is -2.05. The fourth-order valence-electron chi connectivity index (χ4n) is 1.28. The molecule has 84 valence electrons. The van der Waals surface area contributed by atoms with Crippen LogP contribution in [-0.4, -0.2) is 14.9 Å². The molecule has 0 atom stereocenters. The fourth-order valence-corrected chi connectivity index (χ4v) is 1.28. The van der Waals surface area contributed by atoms with Crippen molar-refractivity contribution in [1.82, 2.24) is 9.71 Å². The number of alkyl halides is 3. The lowest BCUT2D eigenvalue weighted by Crippen LogP contribution is -2.18. The summed E-state index contributed by atoms with van der Waals surface area (Å²) in [4.78, 5) is 14.6. The van der Waals surface area contributed by atoms with Gasteiger partial charge in [0.05, 0.1) is 17.3 Å². The maximum Gasteiger partial charge on any atom is 0.416 e. The van der Waals surface area contributed by atoms with Crippen LogP contribution in [0, 0.1) is 0 Å². The Morgan fingerprint density at radius 1 is 1.31 bits per heavy atom. The van der Waals surface area contributed by atoms with Crippen LogP contribution in [0.1, 0.15) is 5.56 Å². The molecular weight excluding hydrogens is 225 g/mol. The van der Waals surface area contributed by atoms with Crippen LogP contribution in [0.5, 0.6) is 0 Å². The van der Waals surface area contributed by atoms with Gasteiger partial charge in [-0.25, -0.2) is 4.98 Å². The second-order valence-electron chi connectivity index (χ2n) is 3.11. The SMILES string of the molecule is O=c1cnc2ccc(C(F)(F)F)cc2n1O. The van der Waals surface area contributed by atoms with Crippen LogP contribution in [0.3, 0.4) is 0 Å². The van der Waals surface area contributed by atoms with E-state index in [1.807, 2.05) is 0 Å². The normalized spacial score (nSPS) is 11.9. The summed E-state index contributed by atoms with van der Waals surface area (Å²) in [7, 11) is 0. The summed E-state index contributed by atoms with van der Waals surface area (Å²) in [6, 6.07) is 2.59. The molecule has 2 aromatic rings. The molecule has 0 saturated heterocycles. The minimum Gasteiger partial charge on any atom is -0.425 e. The molecule has 1 aromatic heterocycles. The van der Waals surface area contributed by atoms with E-state index in [1.165, 1.54) is 0 Å². The van der Waals surface area contributed by atoms with Crippen molar-refractivity contribution < 1.29 is 18.4 Å². The molecule has 0 aliphatic heterocycles. The first-order valence-corrected chi connectivity index (χ1v) is 4.18. The van der Waals surface area contributed by atoms with Crippen molar-refractivity contribution in [2.45, 2.75) is 6.18 Å². The Morgan fingerprint density at radius 2 is 2.00 bits per heavy atom. The first-order chi connectivity index (χ1) is 7.39. The molecule has 7 heteroatoms. The summed E-state index contributed by atoms with van der Waals surface area (Å²) in [5.74, 6) is 0. The number of hydrogen-bond donors (Lipinski definition) is 1. The number of benzene rings is 1. The zero-order chi connectivity index (χ0) is 11.9. The highest BCUT2D eigenvalue weighted by atomic mass is 19.4. The first kappa shape index (κ1) is 10.5. The molecule has 4 nitrogen and oxygen atoms in total. The smallest absolute Gasteiger partial charge is 0.416 e. The van der Waals surface area contributed by atoms with Gasteiger partial charge >= 0.3 is 11.7 Å². The third-order valence-corrected chi connectivity index (χ3v) is 2.05. The predicted octanol–water partition coefficient (Wildman–Crippen LogP) is 1.65. The number of halogens is 3. The van der Waals surface area contributed by atoms with Crippen molar-refractivity contribution in [2.24, 2.45) is 0 Å². The third kappa shape index (κ3) is 1.60. The summed E-state index contributed by atoms with van der Waals surface area (Å²) in [6.45, 7) is 0. The van der Waals surface area contributed by atoms with Crippen LogP contribution in [0.15, 0.2) is 29.2 Å². The molecule has 2 rings (SSSR count). The van der Waals surface area contributed by atoms with Crippen molar-refractivity contribution in [2.75, 3.05) is 0 Å². The number of aromatic nitrogens is 2. The van der Waals surface area contributed by atoms with Gasteiger partial charge in [-0.2, -0.15) is 13.2 Å². The largest absolute Gasteiger partial charge is 0.425 e. The molecule has 0 fully saturated rings. The van der Waals surface area contributed by atoms with E-state index in [1.54, 1.807) is 0 Å². The van der Waals surface area contributed by atoms with Gasteiger partial charge < -0.3 is 5.21 Å². The highest BCUT2D eigenvalue weighted by Crippen LogP contribution is 2.30. The number of hydrogen-bond acceptors (Lipinski definition) is 3. The van der Waals surface area contributed by atoms with Crippen molar-refractivity contribution in [3.05, 3.63) is 40.3 Å². The van der Waals surface area contributed by atoms with Crippen LogP contribution in [0.2, 0.25) is 0 Å². The van der Waals surface area contributed by atoms with E-state index in [9.17, 15) is 23.2 Å². The highest BCUT2D eigenvalue weighted by Gasteiger charge is 2.30. The maximum absolute atomic E-state index is 12.4. The van der Waals surface area contributed by atoms with Gasteiger partial charge in [-0.1, -0.05) is 0 Å². The summed E-state index contributed by atoms with van der Waals surface area (Å²) >= 11 is 0. The van der Waals surface area contributed by atoms with Crippen LogP contribution in [-0.2, 0) is 6.18 Å². The summed E-state index contributed by atoms with van der Waals surface area (Å²) in [6.07, 6.45) is -3.70. The molecule has 1 aromatic carbocycles. The quantitative estimate of drug-likeness (QED) is 0.700. The standard InChI is InChI=1S/C9H5F3N2O2/c10-9(11,12)5-1-2-6-7(3-5)14(16)8(15)4-13-6/h1-4,16H. The summed E-state index contributed by atoms with van der Waals surface area (Å²) in [5.41, 5.74) is -2.00. The first-order valence-electron chi connectivity index (χ1n) is 4.18. The molecule has 0 amide bonds. The van der Waals surface area contributed by atoms with Gasteiger partial charge in [0.1, 0.15) is 5.52 Å². The van der Waals surface area contributed by atoms with Crippen molar-refractivity contribution >= 4 is 11.0 Å². The van der Waals surface area contributed by atoms with E-state index in [2.05, 4.69) is 4.98 Å². The van der Waals surface area contributed by atoms with Crippen molar-refractivity contribution in [3.8, 4) is 0 Å². The Labute approximate surface area is 86.5 Å². The second kappa shape index (κ2) is 3.22. The van der Waals surface area contributed by atoms with Crippen LogP contribution in [0.4, 0.5) is 13.2 Å². The summed E-state index contributed by atoms with van der Waals surface area (Å²) in [5, 5.41) is 9.25. The molecule has 0 bridgehead atoms. The topological polar surface area (TPSA) is 55.1 Å². The zero-order valence-electron chi connectivity index (χ0n) is 7.69. The molecule has 0 spiro atoms. The van der Waals surface area contributed by atoms with Crippen LogP contribution < -0.4 is 5.56 Å². The van der Waals surface area contributed by atoms with Gasteiger partial charge in [0.2, 0.25) is 0 Å². The highest BCUT2D eigenvalue weighted by molar-refractivity contribution is 5.75. The average Bonchev–Trinajstić information content (AvgIpc) is 2.22. The van der Waals surface area contributed by atoms with E-state index in [0.29, 0.717) is 6.07 Å². The number of fused-ring (bicyclic) bond motifs is 1. The van der Waals surface area contributed by atoms with Gasteiger partial charge in [-0.05, 0) is 18.2 Å². The van der Waals surface area contributed by atoms with E-state index in [-0.39, 0.29) is 15.8 Å². The lowest BCUT2D eigenvalue weighted by Gasteiger charge is -2.08. The minimum atomic E-state index is -4.53. The number of nitrogens with zero attached hydrogens (tertiary/aromatic N) is 2. The molecule has 1 heterocycles. The van der Waals surface area contributed by atoms with E-state index < -0.39 is 17.3 Å². The Bertz CT molecular complexity index is 604. The fraction of sp³-hybridized carbons (Fsp3) is 0.111. The Morgan fingerprint density at radius 3 is 2.62 bits per heavy atom. The zero-order valence-corrected chi connectivity index (χ0v) is 7.69. The van der Waals surface area contributed by atoms with Gasteiger partial charge in [0.15, 0.2) is 0 Å². The van der Waals surface area contributed by atoms with Gasteiger partial charge in [0, 0.05) is 0 Å². The molecule has 0 aliphatic carbocycles. The van der Waals surface area contributed by atoms with Crippen molar-refractivity contribution in [3.63, 3.8) is 0 Å². The molecule has 1 N–H and O–H groups in total. The predicted molar refractivity (Wildman–Crippen MR) is 48.2 cm³/mol. The third-order valence-electron chi connectivity index (χ3n) is 2.05. The Balaban J connectivity index is 2.79. The second-order valence-corrected chi connectivity index (χ2v) is 3.11. The van der Waals surface area contributed by atoms with Gasteiger partial charge in [0.25, 0.3) is 0 Å². The molecule has 0 saturated carbocycles. The lowest BCUT2D eigenvalue weighted by molar-refractivity contribution is -0.137. The maximum atomic E-state index is 12.4. The molecular formula is C9H5F3N2O2. The lowest BCUT2D eigenvalue weighted by atomic mass is 10.2. The average molecular weight is 230 g/mol. The molecule has 16 heavy (non-hydrogen) atoms. The molecule has 0 unspecified atom stereocenters. The van der Waals surface area contributed by atoms with Gasteiger partial charge in [-0.3, -0.25) is 4.79 Å².